The molecule has 0 aromatic carbocycles. The molecule has 0 bridgehead atoms. The third kappa shape index (κ3) is 4.34. The first-order valence-electron chi connectivity index (χ1n) is 14.6. The van der Waals surface area contributed by atoms with Crippen molar-refractivity contribution in [2.24, 2.45) is 56.7 Å². The van der Waals surface area contributed by atoms with Crippen molar-refractivity contribution in [2.45, 2.75) is 112 Å². The SMILES string of the molecule is C[C@@H]1CC[C@]2(C(=O)O)CC[C@]3(C)C(=CC[C@@H]4[C@@]5(C)CC[C@H](OP(=O)([O-])O)C(C)(C)[C@@H]5CC[C@]43C)C2[C@H]1C.[K+]. The van der Waals surface area contributed by atoms with Crippen molar-refractivity contribution in [1.29, 1.82) is 0 Å². The Balaban J connectivity index is 0.00000336. The summed E-state index contributed by atoms with van der Waals surface area (Å²) in [4.78, 5) is 34.0. The number of hydrogen-bond acceptors (Lipinski definition) is 4. The van der Waals surface area contributed by atoms with Gasteiger partial charge in [-0.1, -0.05) is 60.1 Å². The first kappa shape index (κ1) is 31.9. The summed E-state index contributed by atoms with van der Waals surface area (Å²) in [7, 11) is -4.80. The second kappa shape index (κ2) is 10.0. The fourth-order valence-corrected chi connectivity index (χ4v) is 11.9. The van der Waals surface area contributed by atoms with E-state index in [1.165, 1.54) is 5.57 Å². The van der Waals surface area contributed by atoms with Crippen LogP contribution >= 0.6 is 7.82 Å². The molecule has 5 aliphatic carbocycles. The summed E-state index contributed by atoms with van der Waals surface area (Å²) in [5, 5.41) is 10.6. The molecule has 0 spiro atoms. The first-order valence-corrected chi connectivity index (χ1v) is 16.1. The molecule has 0 aliphatic heterocycles. The third-order valence-corrected chi connectivity index (χ3v) is 14.1. The van der Waals surface area contributed by atoms with Crippen molar-refractivity contribution >= 4 is 13.8 Å². The van der Waals surface area contributed by atoms with Crippen molar-refractivity contribution in [2.75, 3.05) is 0 Å². The van der Waals surface area contributed by atoms with Gasteiger partial charge >= 0.3 is 57.4 Å². The topological polar surface area (TPSA) is 107 Å². The Morgan fingerprint density at radius 3 is 2.26 bits per heavy atom. The Labute approximate surface area is 272 Å². The Kier molecular flexibility index (Phi) is 8.40. The molecule has 6 nitrogen and oxygen atoms in total. The van der Waals surface area contributed by atoms with E-state index < -0.39 is 25.3 Å². The minimum absolute atomic E-state index is 0. The van der Waals surface area contributed by atoms with E-state index in [9.17, 15) is 24.3 Å². The molecule has 11 atom stereocenters. The number of phosphoric ester groups is 1. The second-order valence-electron chi connectivity index (χ2n) is 15.0. The van der Waals surface area contributed by atoms with Gasteiger partial charge in [-0.05, 0) is 109 Å². The van der Waals surface area contributed by atoms with Crippen LogP contribution in [0.5, 0.6) is 0 Å². The summed E-state index contributed by atoms with van der Waals surface area (Å²) in [5.41, 5.74) is 0.477. The zero-order valence-corrected chi connectivity index (χ0v) is 28.9. The summed E-state index contributed by atoms with van der Waals surface area (Å²) in [6.07, 6.45) is 9.94. The molecular weight excluding hydrogens is 526 g/mol. The number of carboxylic acids is 1. The number of rotatable bonds is 3. The molecule has 210 valence electrons. The molecule has 4 fully saturated rings. The van der Waals surface area contributed by atoms with E-state index in [0.717, 1.165) is 51.4 Å². The summed E-state index contributed by atoms with van der Waals surface area (Å²) < 4.78 is 16.9. The summed E-state index contributed by atoms with van der Waals surface area (Å²) >= 11 is 0. The maximum atomic E-state index is 12.8. The van der Waals surface area contributed by atoms with E-state index in [0.29, 0.717) is 24.2 Å². The Morgan fingerprint density at radius 1 is 1.00 bits per heavy atom. The minimum Gasteiger partial charge on any atom is -0.756 e. The minimum atomic E-state index is -4.80. The molecule has 0 radical (unpaired) electrons. The quantitative estimate of drug-likeness (QED) is 0.303. The standard InChI is InChI=1S/C30H49O6P.K/c1-18-10-15-30(25(31)32)17-16-28(6)20(24(30)19(18)2)8-9-22-27(5)13-12-23(36-37(33,34)35)26(3,4)21(27)11-14-29(22,28)7;/h8,18-19,21-24H,9-17H2,1-7H3,(H,31,32)(H2,33,34,35);/q;+1/p-1/t18-,19+,21+,22-,23+,24?,27+,28-,29-,30+;/m1./s1. The van der Waals surface area contributed by atoms with Gasteiger partial charge in [-0.25, -0.2) is 0 Å². The third-order valence-electron chi connectivity index (χ3n) is 13.6. The fraction of sp³-hybridized carbons (Fsp3) is 0.900. The van der Waals surface area contributed by atoms with Crippen LogP contribution in [0.3, 0.4) is 0 Å². The zero-order chi connectivity index (χ0) is 27.4. The van der Waals surface area contributed by atoms with Crippen LogP contribution in [0.25, 0.3) is 0 Å². The fourth-order valence-electron chi connectivity index (χ4n) is 11.2. The molecule has 5 aliphatic rings. The van der Waals surface area contributed by atoms with Crippen LogP contribution in [0, 0.1) is 56.7 Å². The van der Waals surface area contributed by atoms with Crippen molar-refractivity contribution in [3.63, 3.8) is 0 Å². The predicted octanol–water partition coefficient (Wildman–Crippen LogP) is 3.58. The van der Waals surface area contributed by atoms with Gasteiger partial charge in [-0.15, -0.1) is 0 Å². The molecule has 5 rings (SSSR count). The molecule has 2 unspecified atom stereocenters. The number of fused-ring (bicyclic) bond motifs is 7. The van der Waals surface area contributed by atoms with E-state index in [1.54, 1.807) is 0 Å². The number of phosphoric acid groups is 1. The van der Waals surface area contributed by atoms with Gasteiger partial charge in [0.2, 0.25) is 0 Å². The molecule has 4 saturated carbocycles. The molecular formula is C30H48KO6P. The maximum absolute atomic E-state index is 12.8. The summed E-state index contributed by atoms with van der Waals surface area (Å²) in [5.74, 6) is 1.12. The van der Waals surface area contributed by atoms with Crippen molar-refractivity contribution < 1.29 is 80.2 Å². The molecule has 0 saturated heterocycles. The molecule has 0 aromatic rings. The summed E-state index contributed by atoms with van der Waals surface area (Å²) in [6.45, 7) is 16.2. The van der Waals surface area contributed by atoms with E-state index in [2.05, 4.69) is 54.5 Å². The second-order valence-corrected chi connectivity index (χ2v) is 16.2. The van der Waals surface area contributed by atoms with Gasteiger partial charge in [-0.2, -0.15) is 0 Å². The largest absolute Gasteiger partial charge is 1.00 e. The van der Waals surface area contributed by atoms with Crippen LogP contribution in [-0.2, 0) is 13.9 Å². The number of carboxylic acid groups (broad SMARTS) is 1. The van der Waals surface area contributed by atoms with Gasteiger partial charge in [0.25, 0.3) is 7.82 Å². The van der Waals surface area contributed by atoms with Crippen LogP contribution in [0.15, 0.2) is 11.6 Å². The van der Waals surface area contributed by atoms with E-state index >= 15 is 0 Å². The molecule has 0 amide bonds. The predicted molar refractivity (Wildman–Crippen MR) is 141 cm³/mol. The summed E-state index contributed by atoms with van der Waals surface area (Å²) in [6, 6.07) is 0. The number of carbonyl (C=O) groups is 1. The number of allylic oxidation sites excluding steroid dienone is 2. The molecule has 0 aromatic heterocycles. The number of hydrogen-bond donors (Lipinski definition) is 2. The van der Waals surface area contributed by atoms with E-state index in [1.807, 2.05) is 0 Å². The van der Waals surface area contributed by atoms with Gasteiger partial charge < -0.3 is 19.4 Å². The first-order chi connectivity index (χ1) is 16.9. The Hall–Kier alpha value is 0.956. The average Bonchev–Trinajstić information content (AvgIpc) is 2.78. The van der Waals surface area contributed by atoms with Crippen molar-refractivity contribution in [3.05, 3.63) is 11.6 Å². The zero-order valence-electron chi connectivity index (χ0n) is 24.9. The smallest absolute Gasteiger partial charge is 0.756 e. The van der Waals surface area contributed by atoms with Crippen LogP contribution in [-0.4, -0.2) is 22.1 Å². The van der Waals surface area contributed by atoms with Gasteiger partial charge in [0, 0.05) is 0 Å². The molecule has 38 heavy (non-hydrogen) atoms. The van der Waals surface area contributed by atoms with Crippen molar-refractivity contribution in [1.82, 2.24) is 0 Å². The van der Waals surface area contributed by atoms with Gasteiger partial charge in [0.15, 0.2) is 0 Å². The van der Waals surface area contributed by atoms with Gasteiger partial charge in [0.05, 0.1) is 11.5 Å². The molecule has 0 heterocycles. The van der Waals surface area contributed by atoms with E-state index in [4.69, 9.17) is 4.52 Å². The Morgan fingerprint density at radius 2 is 1.66 bits per heavy atom. The molecule has 8 heteroatoms. The van der Waals surface area contributed by atoms with Crippen molar-refractivity contribution in [3.8, 4) is 0 Å². The molecule has 2 N–H and O–H groups in total. The van der Waals surface area contributed by atoms with E-state index in [-0.39, 0.29) is 84.9 Å². The average molecular weight is 575 g/mol. The maximum Gasteiger partial charge on any atom is 1.00 e. The van der Waals surface area contributed by atoms with Crippen LogP contribution in [0.2, 0.25) is 0 Å². The van der Waals surface area contributed by atoms with Crippen LogP contribution in [0.1, 0.15) is 106 Å². The van der Waals surface area contributed by atoms with Crippen LogP contribution < -0.4 is 56.3 Å². The van der Waals surface area contributed by atoms with Gasteiger partial charge in [0.1, 0.15) is 0 Å². The number of aliphatic carboxylic acids is 1. The monoisotopic (exact) mass is 574 g/mol. The van der Waals surface area contributed by atoms with Crippen LogP contribution in [0.4, 0.5) is 0 Å². The normalized spacial score (nSPS) is 51.0. The van der Waals surface area contributed by atoms with Gasteiger partial charge in [-0.3, -0.25) is 9.36 Å². The Bertz CT molecular complexity index is 1050.